The lowest BCUT2D eigenvalue weighted by atomic mass is 10.0. The summed E-state index contributed by atoms with van der Waals surface area (Å²) in [5.41, 5.74) is 1.33. The Labute approximate surface area is 132 Å². The van der Waals surface area contributed by atoms with E-state index in [-0.39, 0.29) is 12.6 Å². The van der Waals surface area contributed by atoms with Crippen LogP contribution in [-0.2, 0) is 17.6 Å². The molecule has 0 atom stereocenters. The summed E-state index contributed by atoms with van der Waals surface area (Å²) in [6, 6.07) is 0. The van der Waals surface area contributed by atoms with E-state index in [4.69, 9.17) is 9.15 Å². The number of methoxy groups -OCH3 is 1. The maximum absolute atomic E-state index is 12.1. The van der Waals surface area contributed by atoms with E-state index in [0.717, 1.165) is 30.6 Å². The van der Waals surface area contributed by atoms with Crippen LogP contribution in [0.1, 0.15) is 72.4 Å². The van der Waals surface area contributed by atoms with Crippen LogP contribution >= 0.6 is 0 Å². The SMILES string of the molecule is COC(=O)c1c(CCO)oc2c1/C=C/CCCCCCCC2. The van der Waals surface area contributed by atoms with Gasteiger partial charge < -0.3 is 14.3 Å². The molecule has 1 aromatic heterocycles. The third-order valence-corrected chi connectivity index (χ3v) is 4.13. The number of fused-ring (bicyclic) bond motifs is 1. The van der Waals surface area contributed by atoms with Crippen LogP contribution in [0.4, 0.5) is 0 Å². The fourth-order valence-corrected chi connectivity index (χ4v) is 2.97. The number of rotatable bonds is 3. The second-order valence-corrected chi connectivity index (χ2v) is 5.76. The zero-order chi connectivity index (χ0) is 15.8. The first kappa shape index (κ1) is 16.8. The first-order chi connectivity index (χ1) is 10.8. The van der Waals surface area contributed by atoms with E-state index in [9.17, 15) is 9.90 Å². The van der Waals surface area contributed by atoms with Gasteiger partial charge in [-0.25, -0.2) is 4.79 Å². The van der Waals surface area contributed by atoms with Gasteiger partial charge in [0.25, 0.3) is 0 Å². The summed E-state index contributed by atoms with van der Waals surface area (Å²) in [4.78, 5) is 12.1. The number of carbonyl (C=O) groups is 1. The fourth-order valence-electron chi connectivity index (χ4n) is 2.97. The molecule has 1 N–H and O–H groups in total. The Bertz CT molecular complexity index is 513. The molecule has 0 unspecified atom stereocenters. The number of furan rings is 1. The first-order valence-corrected chi connectivity index (χ1v) is 8.28. The van der Waals surface area contributed by atoms with Crippen molar-refractivity contribution in [3.05, 3.63) is 28.7 Å². The maximum Gasteiger partial charge on any atom is 0.342 e. The van der Waals surface area contributed by atoms with Crippen molar-refractivity contribution >= 4 is 12.0 Å². The standard InChI is InChI=1S/C18H26O4/c1-21-18(20)17-14-10-8-6-4-2-3-5-7-9-11-15(14)22-16(17)12-13-19/h8,10,19H,2-7,9,11-13H2,1H3/b10-8+. The van der Waals surface area contributed by atoms with Gasteiger partial charge in [-0.2, -0.15) is 0 Å². The Balaban J connectivity index is 2.37. The number of hydrogen-bond acceptors (Lipinski definition) is 4. The molecule has 0 amide bonds. The van der Waals surface area contributed by atoms with Crippen LogP contribution in [0.25, 0.3) is 6.08 Å². The quantitative estimate of drug-likeness (QED) is 0.860. The largest absolute Gasteiger partial charge is 0.465 e. The normalized spacial score (nSPS) is 17.9. The molecular weight excluding hydrogens is 280 g/mol. The van der Waals surface area contributed by atoms with Gasteiger partial charge in [0.2, 0.25) is 0 Å². The molecule has 0 bridgehead atoms. The minimum atomic E-state index is -0.384. The summed E-state index contributed by atoms with van der Waals surface area (Å²) in [6.45, 7) is -0.0416. The number of hydrogen-bond donors (Lipinski definition) is 1. The lowest BCUT2D eigenvalue weighted by molar-refractivity contribution is 0.0597. The number of allylic oxidation sites excluding steroid dienone is 1. The summed E-state index contributed by atoms with van der Waals surface area (Å²) >= 11 is 0. The highest BCUT2D eigenvalue weighted by Gasteiger charge is 2.24. The zero-order valence-corrected chi connectivity index (χ0v) is 13.4. The van der Waals surface area contributed by atoms with Gasteiger partial charge in [0.1, 0.15) is 17.1 Å². The highest BCUT2D eigenvalue weighted by molar-refractivity contribution is 5.95. The van der Waals surface area contributed by atoms with Crippen LogP contribution in [0.2, 0.25) is 0 Å². The Hall–Kier alpha value is -1.55. The van der Waals surface area contributed by atoms with Crippen molar-refractivity contribution in [2.24, 2.45) is 0 Å². The van der Waals surface area contributed by atoms with Crippen molar-refractivity contribution in [2.75, 3.05) is 13.7 Å². The minimum absolute atomic E-state index is 0.0416. The average Bonchev–Trinajstić information content (AvgIpc) is 2.84. The topological polar surface area (TPSA) is 59.7 Å². The van der Waals surface area contributed by atoms with Gasteiger partial charge in [0.15, 0.2) is 0 Å². The van der Waals surface area contributed by atoms with E-state index < -0.39 is 0 Å². The third-order valence-electron chi connectivity index (χ3n) is 4.13. The van der Waals surface area contributed by atoms with Crippen molar-refractivity contribution in [2.45, 2.75) is 57.8 Å². The van der Waals surface area contributed by atoms with Crippen LogP contribution in [0.5, 0.6) is 0 Å². The predicted molar refractivity (Wildman–Crippen MR) is 85.9 cm³/mol. The van der Waals surface area contributed by atoms with E-state index in [1.807, 2.05) is 6.08 Å². The van der Waals surface area contributed by atoms with Crippen molar-refractivity contribution in [3.8, 4) is 0 Å². The molecule has 0 saturated heterocycles. The van der Waals surface area contributed by atoms with Crippen LogP contribution in [0.3, 0.4) is 0 Å². The van der Waals surface area contributed by atoms with Crippen molar-refractivity contribution in [3.63, 3.8) is 0 Å². The van der Waals surface area contributed by atoms with Crippen LogP contribution < -0.4 is 0 Å². The van der Waals surface area contributed by atoms with Crippen molar-refractivity contribution < 1.29 is 19.1 Å². The predicted octanol–water partition coefficient (Wildman–Crippen LogP) is 3.90. The molecule has 122 valence electrons. The smallest absolute Gasteiger partial charge is 0.342 e. The molecule has 4 nitrogen and oxygen atoms in total. The molecule has 4 heteroatoms. The van der Waals surface area contributed by atoms with E-state index in [2.05, 4.69) is 6.08 Å². The van der Waals surface area contributed by atoms with Gasteiger partial charge in [-0.15, -0.1) is 0 Å². The molecule has 0 fully saturated rings. The average molecular weight is 306 g/mol. The molecule has 1 aromatic rings. The Morgan fingerprint density at radius 1 is 1.23 bits per heavy atom. The summed E-state index contributed by atoms with van der Waals surface area (Å²) in [5, 5.41) is 9.21. The lowest BCUT2D eigenvalue weighted by Gasteiger charge is -2.04. The number of aliphatic hydroxyl groups excluding tert-OH is 1. The molecule has 0 spiro atoms. The van der Waals surface area contributed by atoms with Crippen LogP contribution in [0, 0.1) is 0 Å². The Morgan fingerprint density at radius 2 is 1.95 bits per heavy atom. The number of esters is 1. The number of ether oxygens (including phenoxy) is 1. The van der Waals surface area contributed by atoms with Gasteiger partial charge in [-0.1, -0.05) is 37.8 Å². The molecule has 0 aromatic carbocycles. The van der Waals surface area contributed by atoms with E-state index in [1.54, 1.807) is 0 Å². The summed E-state index contributed by atoms with van der Waals surface area (Å²) < 4.78 is 10.8. The van der Waals surface area contributed by atoms with Crippen LogP contribution in [-0.4, -0.2) is 24.8 Å². The molecule has 1 heterocycles. The summed E-state index contributed by atoms with van der Waals surface area (Å²) in [6.07, 6.45) is 13.5. The minimum Gasteiger partial charge on any atom is -0.465 e. The van der Waals surface area contributed by atoms with E-state index >= 15 is 0 Å². The molecule has 22 heavy (non-hydrogen) atoms. The van der Waals surface area contributed by atoms with Gasteiger partial charge in [-0.05, 0) is 19.3 Å². The van der Waals surface area contributed by atoms with Gasteiger partial charge in [0.05, 0.1) is 13.7 Å². The molecule has 0 radical (unpaired) electrons. The third kappa shape index (κ3) is 4.23. The molecular formula is C18H26O4. The number of aryl methyl sites for hydroxylation is 1. The number of aliphatic hydroxyl groups is 1. The summed E-state index contributed by atoms with van der Waals surface area (Å²) in [5.74, 6) is 1.00. The zero-order valence-electron chi connectivity index (χ0n) is 13.4. The second kappa shape index (κ2) is 8.79. The van der Waals surface area contributed by atoms with Crippen molar-refractivity contribution in [1.82, 2.24) is 0 Å². The second-order valence-electron chi connectivity index (χ2n) is 5.76. The summed E-state index contributed by atoms with van der Waals surface area (Å²) in [7, 11) is 1.38. The highest BCUT2D eigenvalue weighted by atomic mass is 16.5. The number of carbonyl (C=O) groups excluding carboxylic acids is 1. The Morgan fingerprint density at radius 3 is 2.68 bits per heavy atom. The van der Waals surface area contributed by atoms with Gasteiger partial charge in [0, 0.05) is 18.4 Å². The fraction of sp³-hybridized carbons (Fsp3) is 0.611. The maximum atomic E-state index is 12.1. The van der Waals surface area contributed by atoms with Crippen LogP contribution in [0.15, 0.2) is 10.5 Å². The molecule has 1 aliphatic rings. The van der Waals surface area contributed by atoms with Gasteiger partial charge in [-0.3, -0.25) is 0 Å². The molecule has 1 aliphatic carbocycles. The Kier molecular flexibility index (Phi) is 6.72. The van der Waals surface area contributed by atoms with E-state index in [0.29, 0.717) is 17.7 Å². The molecule has 2 rings (SSSR count). The monoisotopic (exact) mass is 306 g/mol. The first-order valence-electron chi connectivity index (χ1n) is 8.28. The highest BCUT2D eigenvalue weighted by Crippen LogP contribution is 2.28. The van der Waals surface area contributed by atoms with E-state index in [1.165, 1.54) is 39.2 Å². The molecule has 0 saturated carbocycles. The lowest BCUT2D eigenvalue weighted by Crippen LogP contribution is -2.06. The van der Waals surface area contributed by atoms with Crippen molar-refractivity contribution in [1.29, 1.82) is 0 Å². The van der Waals surface area contributed by atoms with Gasteiger partial charge >= 0.3 is 5.97 Å². The molecule has 0 aliphatic heterocycles.